The van der Waals surface area contributed by atoms with Crippen LogP contribution in [-0.2, 0) is 10.2 Å². The van der Waals surface area contributed by atoms with Gasteiger partial charge in [0.05, 0.1) is 0 Å². The smallest absolute Gasteiger partial charge is 0.191 e. The summed E-state index contributed by atoms with van der Waals surface area (Å²) in [7, 11) is 1.72. The van der Waals surface area contributed by atoms with E-state index in [1.165, 1.54) is 16.8 Å². The van der Waals surface area contributed by atoms with Gasteiger partial charge in [-0.05, 0) is 48.1 Å². The third kappa shape index (κ3) is 5.78. The maximum atomic E-state index is 13.4. The number of nitrogens with one attached hydrogen (secondary N) is 2. The van der Waals surface area contributed by atoms with Gasteiger partial charge < -0.3 is 20.5 Å². The Morgan fingerprint density at radius 2 is 1.88 bits per heavy atom. The fraction of sp³-hybridized carbons (Fsp3) is 0.375. The average molecular weight is 569 g/mol. The van der Waals surface area contributed by atoms with Gasteiger partial charge in [0.2, 0.25) is 0 Å². The zero-order valence-corrected chi connectivity index (χ0v) is 21.2. The molecule has 1 atom stereocenters. The van der Waals surface area contributed by atoms with E-state index in [1.807, 2.05) is 30.3 Å². The molecule has 1 aromatic heterocycles. The van der Waals surface area contributed by atoms with Gasteiger partial charge in [-0.1, -0.05) is 30.3 Å². The Morgan fingerprint density at radius 3 is 2.56 bits per heavy atom. The highest BCUT2D eigenvalue weighted by Gasteiger charge is 2.34. The number of aliphatic hydroxyl groups is 1. The summed E-state index contributed by atoms with van der Waals surface area (Å²) < 4.78 is 20.2. The Labute approximate surface area is 209 Å². The third-order valence-electron chi connectivity index (χ3n) is 5.96. The molecule has 5 nitrogen and oxygen atoms in total. The molecule has 2 aromatic carbocycles. The molecule has 32 heavy (non-hydrogen) atoms. The van der Waals surface area contributed by atoms with Crippen LogP contribution in [0.2, 0.25) is 0 Å². The van der Waals surface area contributed by atoms with Crippen molar-refractivity contribution in [2.75, 3.05) is 33.4 Å². The van der Waals surface area contributed by atoms with Crippen LogP contribution >= 0.6 is 35.3 Å². The number of hydrogen-bond donors (Lipinski definition) is 3. The zero-order chi connectivity index (χ0) is 21.7. The minimum atomic E-state index is -0.620. The minimum Gasteiger partial charge on any atom is -0.386 e. The van der Waals surface area contributed by atoms with E-state index in [2.05, 4.69) is 27.8 Å². The van der Waals surface area contributed by atoms with E-state index in [0.29, 0.717) is 32.3 Å². The molecule has 1 aliphatic rings. The lowest BCUT2D eigenvalue weighted by molar-refractivity contribution is 0.0513. The molecule has 0 amide bonds. The monoisotopic (exact) mass is 569 g/mol. The molecular weight excluding hydrogens is 540 g/mol. The van der Waals surface area contributed by atoms with Crippen molar-refractivity contribution in [3.05, 3.63) is 70.9 Å². The Morgan fingerprint density at radius 1 is 1.16 bits per heavy atom. The predicted molar refractivity (Wildman–Crippen MR) is 140 cm³/mol. The second-order valence-corrected chi connectivity index (χ2v) is 9.02. The van der Waals surface area contributed by atoms with E-state index < -0.39 is 6.10 Å². The highest BCUT2D eigenvalue weighted by Crippen LogP contribution is 2.34. The van der Waals surface area contributed by atoms with Gasteiger partial charge in [-0.2, -0.15) is 0 Å². The van der Waals surface area contributed by atoms with Gasteiger partial charge in [0.15, 0.2) is 5.96 Å². The van der Waals surface area contributed by atoms with Gasteiger partial charge in [-0.3, -0.25) is 4.99 Å². The fourth-order valence-corrected chi connectivity index (χ4v) is 5.12. The molecule has 1 aliphatic heterocycles. The maximum absolute atomic E-state index is 13.4. The van der Waals surface area contributed by atoms with Gasteiger partial charge in [-0.25, -0.2) is 4.39 Å². The van der Waals surface area contributed by atoms with Crippen LogP contribution < -0.4 is 10.6 Å². The number of aliphatic imine (C=N–C) groups is 1. The van der Waals surface area contributed by atoms with Crippen molar-refractivity contribution < 1.29 is 14.2 Å². The molecule has 2 heterocycles. The number of rotatable bonds is 6. The topological polar surface area (TPSA) is 65.9 Å². The van der Waals surface area contributed by atoms with Crippen molar-refractivity contribution in [1.82, 2.24) is 10.6 Å². The molecule has 0 radical (unpaired) electrons. The maximum Gasteiger partial charge on any atom is 0.191 e. The van der Waals surface area contributed by atoms with Crippen LogP contribution in [0.5, 0.6) is 0 Å². The number of nitrogens with zero attached hydrogens (tertiary/aromatic N) is 1. The molecule has 0 aliphatic carbocycles. The van der Waals surface area contributed by atoms with Crippen molar-refractivity contribution >= 4 is 51.4 Å². The van der Waals surface area contributed by atoms with Gasteiger partial charge in [0.25, 0.3) is 0 Å². The Hall–Kier alpha value is -1.75. The van der Waals surface area contributed by atoms with Gasteiger partial charge in [-0.15, -0.1) is 35.3 Å². The number of fused-ring (bicyclic) bond motifs is 1. The van der Waals surface area contributed by atoms with E-state index in [9.17, 15) is 9.50 Å². The van der Waals surface area contributed by atoms with Crippen molar-refractivity contribution in [3.63, 3.8) is 0 Å². The summed E-state index contributed by atoms with van der Waals surface area (Å²) in [6.07, 6.45) is 1.09. The van der Waals surface area contributed by atoms with E-state index >= 15 is 0 Å². The van der Waals surface area contributed by atoms with Crippen molar-refractivity contribution in [2.24, 2.45) is 4.99 Å². The third-order valence-corrected chi connectivity index (χ3v) is 7.18. The molecule has 8 heteroatoms. The number of halogens is 2. The number of guanidine groups is 1. The molecular formula is C24H29FIN3O2S. The summed E-state index contributed by atoms with van der Waals surface area (Å²) >= 11 is 1.60. The molecule has 0 saturated carbocycles. The van der Waals surface area contributed by atoms with Crippen LogP contribution in [0, 0.1) is 5.82 Å². The first-order valence-electron chi connectivity index (χ1n) is 10.5. The lowest BCUT2D eigenvalue weighted by atomic mass is 9.74. The van der Waals surface area contributed by atoms with E-state index in [1.54, 1.807) is 18.4 Å². The Kier molecular flexibility index (Phi) is 8.87. The number of aliphatic hydroxyl groups excluding tert-OH is 1. The average Bonchev–Trinajstić information content (AvgIpc) is 3.24. The van der Waals surface area contributed by atoms with Gasteiger partial charge >= 0.3 is 0 Å². The second-order valence-electron chi connectivity index (χ2n) is 7.91. The Bertz CT molecular complexity index is 1000. The molecule has 1 saturated heterocycles. The highest BCUT2D eigenvalue weighted by atomic mass is 127. The first-order chi connectivity index (χ1) is 15.1. The van der Waals surface area contributed by atoms with Crippen molar-refractivity contribution in [3.8, 4) is 0 Å². The fourth-order valence-electron chi connectivity index (χ4n) is 4.07. The normalized spacial score (nSPS) is 16.9. The molecule has 0 bridgehead atoms. The first kappa shape index (κ1) is 24.9. The standard InChI is InChI=1S/C24H28FN3O2S.HI/c1-26-23(27-15-20(29)22-14-17-4-2-3-5-21(17)31-22)28-16-24(10-12-30-13-11-24)18-6-8-19(25)9-7-18;/h2-9,14,20,29H,10-13,15-16H2,1H3,(H2,26,27,28);1H. The van der Waals surface area contributed by atoms with E-state index in [-0.39, 0.29) is 35.2 Å². The number of ether oxygens (including phenoxy) is 1. The molecule has 3 N–H and O–H groups in total. The SMILES string of the molecule is CN=C(NCC(O)c1cc2ccccc2s1)NCC1(c2ccc(F)cc2)CCOCC1.I. The van der Waals surface area contributed by atoms with Crippen LogP contribution in [0.25, 0.3) is 10.1 Å². The summed E-state index contributed by atoms with van der Waals surface area (Å²) in [6, 6.07) is 16.9. The van der Waals surface area contributed by atoms with Crippen LogP contribution in [-0.4, -0.2) is 44.4 Å². The summed E-state index contributed by atoms with van der Waals surface area (Å²) in [5.41, 5.74) is 0.957. The number of thiophene rings is 1. The largest absolute Gasteiger partial charge is 0.386 e. The quantitative estimate of drug-likeness (QED) is 0.231. The second kappa shape index (κ2) is 11.4. The summed E-state index contributed by atoms with van der Waals surface area (Å²) in [6.45, 7) is 2.37. The first-order valence-corrected chi connectivity index (χ1v) is 11.4. The molecule has 1 fully saturated rings. The summed E-state index contributed by atoms with van der Waals surface area (Å²) in [5.74, 6) is 0.403. The summed E-state index contributed by atoms with van der Waals surface area (Å²) in [4.78, 5) is 5.24. The lowest BCUT2D eigenvalue weighted by Gasteiger charge is -2.38. The van der Waals surface area contributed by atoms with E-state index in [4.69, 9.17) is 4.74 Å². The van der Waals surface area contributed by atoms with Crippen LogP contribution in [0.15, 0.2) is 59.6 Å². The summed E-state index contributed by atoms with van der Waals surface area (Å²) in [5, 5.41) is 18.4. The van der Waals surface area contributed by atoms with E-state index in [0.717, 1.165) is 28.7 Å². The Balaban J connectivity index is 0.00000289. The number of hydrogen-bond acceptors (Lipinski definition) is 4. The molecule has 3 aromatic rings. The van der Waals surface area contributed by atoms with Crippen LogP contribution in [0.4, 0.5) is 4.39 Å². The molecule has 0 spiro atoms. The highest BCUT2D eigenvalue weighted by molar-refractivity contribution is 14.0. The van der Waals surface area contributed by atoms with Crippen LogP contribution in [0.3, 0.4) is 0 Å². The minimum absolute atomic E-state index is 0. The molecule has 4 rings (SSSR count). The van der Waals surface area contributed by atoms with Crippen LogP contribution in [0.1, 0.15) is 29.4 Å². The molecule has 1 unspecified atom stereocenters. The van der Waals surface area contributed by atoms with Crippen molar-refractivity contribution in [2.45, 2.75) is 24.4 Å². The van der Waals surface area contributed by atoms with Gasteiger partial charge in [0.1, 0.15) is 11.9 Å². The molecule has 172 valence electrons. The lowest BCUT2D eigenvalue weighted by Crippen LogP contribution is -2.48. The zero-order valence-electron chi connectivity index (χ0n) is 18.0. The number of benzene rings is 2. The van der Waals surface area contributed by atoms with Crippen molar-refractivity contribution in [1.29, 1.82) is 0 Å². The van der Waals surface area contributed by atoms with Gasteiger partial charge in [0, 0.05) is 48.3 Å². The predicted octanol–water partition coefficient (Wildman–Crippen LogP) is 4.61.